The minimum atomic E-state index is 0.326. The predicted octanol–water partition coefficient (Wildman–Crippen LogP) is 4.11. The van der Waals surface area contributed by atoms with Crippen LogP contribution < -0.4 is 4.74 Å². The Morgan fingerprint density at radius 1 is 1.35 bits per heavy atom. The predicted molar refractivity (Wildman–Crippen MR) is 80.1 cm³/mol. The maximum atomic E-state index is 10.9. The molecule has 1 fully saturated rings. The van der Waals surface area contributed by atoms with Crippen molar-refractivity contribution in [3.05, 3.63) is 57.8 Å². The normalized spacial score (nSPS) is 14.1. The van der Waals surface area contributed by atoms with Crippen molar-refractivity contribution in [3.63, 3.8) is 0 Å². The molecule has 3 rings (SSSR count). The van der Waals surface area contributed by atoms with Crippen LogP contribution in [0.5, 0.6) is 5.75 Å². The minimum Gasteiger partial charge on any atom is -0.486 e. The highest BCUT2D eigenvalue weighted by atomic mass is 79.9. The Kier molecular flexibility index (Phi) is 3.83. The summed E-state index contributed by atoms with van der Waals surface area (Å²) in [5.74, 6) is 1.24. The van der Waals surface area contributed by atoms with Gasteiger partial charge in [0.15, 0.2) is 6.29 Å². The average molecular weight is 332 g/mol. The van der Waals surface area contributed by atoms with Crippen molar-refractivity contribution in [1.29, 1.82) is 0 Å². The van der Waals surface area contributed by atoms with E-state index in [1.54, 1.807) is 12.3 Å². The van der Waals surface area contributed by atoms with Crippen molar-refractivity contribution in [2.24, 2.45) is 0 Å². The monoisotopic (exact) mass is 331 g/mol. The third-order valence-corrected chi connectivity index (χ3v) is 3.79. The Morgan fingerprint density at radius 3 is 2.95 bits per heavy atom. The van der Waals surface area contributed by atoms with Crippen LogP contribution in [-0.2, 0) is 6.61 Å². The molecule has 0 N–H and O–H groups in total. The first kappa shape index (κ1) is 13.3. The molecule has 4 heteroatoms. The van der Waals surface area contributed by atoms with Gasteiger partial charge in [0.25, 0.3) is 0 Å². The average Bonchev–Trinajstić information content (AvgIpc) is 3.30. The zero-order chi connectivity index (χ0) is 13.9. The second-order valence-electron chi connectivity index (χ2n) is 4.96. The number of carbonyl (C=O) groups excluding carboxylic acids is 1. The van der Waals surface area contributed by atoms with Gasteiger partial charge in [-0.15, -0.1) is 0 Å². The number of hydrogen-bond acceptors (Lipinski definition) is 3. The van der Waals surface area contributed by atoms with Crippen LogP contribution in [0.15, 0.2) is 41.0 Å². The fraction of sp³-hybridized carbons (Fsp3) is 0.250. The first-order valence-electron chi connectivity index (χ1n) is 6.58. The van der Waals surface area contributed by atoms with E-state index < -0.39 is 0 Å². The smallest absolute Gasteiger partial charge is 0.172 e. The maximum absolute atomic E-state index is 10.9. The van der Waals surface area contributed by atoms with E-state index in [1.165, 1.54) is 18.4 Å². The standard InChI is InChI=1S/C16H14BrNO2/c17-14-7-16(15(9-19)18-8-14)20-10-11-2-1-3-13(6-11)12-4-5-12/h1-3,6-9,12H,4-5,10H2. The number of carbonyl (C=O) groups is 1. The first-order chi connectivity index (χ1) is 9.76. The molecular formula is C16H14BrNO2. The number of halogens is 1. The van der Waals surface area contributed by atoms with E-state index in [1.807, 2.05) is 6.07 Å². The van der Waals surface area contributed by atoms with Crippen molar-refractivity contribution in [2.75, 3.05) is 0 Å². The molecule has 1 aromatic heterocycles. The van der Waals surface area contributed by atoms with E-state index in [4.69, 9.17) is 4.74 Å². The molecule has 3 nitrogen and oxygen atoms in total. The van der Waals surface area contributed by atoms with E-state index in [-0.39, 0.29) is 0 Å². The van der Waals surface area contributed by atoms with Crippen molar-refractivity contribution in [3.8, 4) is 5.75 Å². The molecule has 1 heterocycles. The van der Waals surface area contributed by atoms with Crippen LogP contribution in [0, 0.1) is 0 Å². The number of pyridine rings is 1. The molecule has 102 valence electrons. The van der Waals surface area contributed by atoms with Gasteiger partial charge in [-0.1, -0.05) is 24.3 Å². The summed E-state index contributed by atoms with van der Waals surface area (Å²) in [5, 5.41) is 0. The lowest BCUT2D eigenvalue weighted by atomic mass is 10.1. The van der Waals surface area contributed by atoms with Crippen LogP contribution in [0.25, 0.3) is 0 Å². The third kappa shape index (κ3) is 3.07. The number of aromatic nitrogens is 1. The van der Waals surface area contributed by atoms with Gasteiger partial charge >= 0.3 is 0 Å². The first-order valence-corrected chi connectivity index (χ1v) is 7.38. The minimum absolute atomic E-state index is 0.326. The number of hydrogen-bond donors (Lipinski definition) is 0. The fourth-order valence-electron chi connectivity index (χ4n) is 2.15. The summed E-state index contributed by atoms with van der Waals surface area (Å²) in [6.45, 7) is 0.444. The zero-order valence-corrected chi connectivity index (χ0v) is 12.5. The molecule has 0 amide bonds. The van der Waals surface area contributed by atoms with Gasteiger partial charge < -0.3 is 4.74 Å². The highest BCUT2D eigenvalue weighted by Crippen LogP contribution is 2.40. The summed E-state index contributed by atoms with van der Waals surface area (Å²) in [6.07, 6.45) is 4.87. The van der Waals surface area contributed by atoms with Gasteiger partial charge in [0.05, 0.1) is 0 Å². The third-order valence-electron chi connectivity index (χ3n) is 3.35. The van der Waals surface area contributed by atoms with E-state index in [0.717, 1.165) is 16.0 Å². The van der Waals surface area contributed by atoms with Crippen molar-refractivity contribution >= 4 is 22.2 Å². The SMILES string of the molecule is O=Cc1ncc(Br)cc1OCc1cccc(C2CC2)c1. The number of ether oxygens (including phenoxy) is 1. The molecule has 0 spiro atoms. The summed E-state index contributed by atoms with van der Waals surface area (Å²) in [5.41, 5.74) is 2.83. The quantitative estimate of drug-likeness (QED) is 0.774. The van der Waals surface area contributed by atoms with Crippen molar-refractivity contribution in [2.45, 2.75) is 25.4 Å². The molecule has 1 aliphatic carbocycles. The van der Waals surface area contributed by atoms with Gasteiger partial charge in [0.2, 0.25) is 0 Å². The molecular weight excluding hydrogens is 318 g/mol. The van der Waals surface area contributed by atoms with E-state index in [2.05, 4.69) is 39.1 Å². The van der Waals surface area contributed by atoms with Gasteiger partial charge in [-0.25, -0.2) is 4.98 Å². The van der Waals surface area contributed by atoms with Gasteiger partial charge in [-0.2, -0.15) is 0 Å². The van der Waals surface area contributed by atoms with E-state index >= 15 is 0 Å². The highest BCUT2D eigenvalue weighted by Gasteiger charge is 2.23. The summed E-state index contributed by atoms with van der Waals surface area (Å²) in [7, 11) is 0. The number of rotatable bonds is 5. The Bertz CT molecular complexity index is 638. The molecule has 1 aromatic carbocycles. The lowest BCUT2D eigenvalue weighted by Gasteiger charge is -2.09. The van der Waals surface area contributed by atoms with Crippen LogP contribution in [0.4, 0.5) is 0 Å². The molecule has 1 aliphatic rings. The largest absolute Gasteiger partial charge is 0.486 e. The molecule has 20 heavy (non-hydrogen) atoms. The lowest BCUT2D eigenvalue weighted by molar-refractivity contribution is 0.111. The summed E-state index contributed by atoms with van der Waals surface area (Å²) < 4.78 is 6.52. The van der Waals surface area contributed by atoms with Gasteiger partial charge in [-0.05, 0) is 51.9 Å². The van der Waals surface area contributed by atoms with Crippen molar-refractivity contribution in [1.82, 2.24) is 4.98 Å². The second-order valence-corrected chi connectivity index (χ2v) is 5.88. The molecule has 0 bridgehead atoms. The van der Waals surface area contributed by atoms with Crippen LogP contribution in [0.3, 0.4) is 0 Å². The van der Waals surface area contributed by atoms with Gasteiger partial charge in [0, 0.05) is 10.7 Å². The van der Waals surface area contributed by atoms with Crippen LogP contribution in [0.1, 0.15) is 40.4 Å². The van der Waals surface area contributed by atoms with E-state index in [9.17, 15) is 4.79 Å². The van der Waals surface area contributed by atoms with Gasteiger partial charge in [-0.3, -0.25) is 4.79 Å². The molecule has 2 aromatic rings. The highest BCUT2D eigenvalue weighted by molar-refractivity contribution is 9.10. The number of benzene rings is 1. The molecule has 0 radical (unpaired) electrons. The Hall–Kier alpha value is -1.68. The number of nitrogens with zero attached hydrogens (tertiary/aromatic N) is 1. The second kappa shape index (κ2) is 5.75. The van der Waals surface area contributed by atoms with E-state index in [0.29, 0.717) is 24.3 Å². The van der Waals surface area contributed by atoms with Crippen LogP contribution >= 0.6 is 15.9 Å². The maximum Gasteiger partial charge on any atom is 0.172 e. The molecule has 0 atom stereocenters. The van der Waals surface area contributed by atoms with Gasteiger partial charge in [0.1, 0.15) is 18.1 Å². The summed E-state index contributed by atoms with van der Waals surface area (Å²) >= 11 is 3.33. The topological polar surface area (TPSA) is 39.2 Å². The molecule has 0 unspecified atom stereocenters. The van der Waals surface area contributed by atoms with Crippen LogP contribution in [0.2, 0.25) is 0 Å². The fourth-order valence-corrected chi connectivity index (χ4v) is 2.46. The Morgan fingerprint density at radius 2 is 2.20 bits per heavy atom. The summed E-state index contributed by atoms with van der Waals surface area (Å²) in [6, 6.07) is 10.2. The zero-order valence-electron chi connectivity index (χ0n) is 10.9. The summed E-state index contributed by atoms with van der Waals surface area (Å²) in [4.78, 5) is 15.0. The Balaban J connectivity index is 1.74. The van der Waals surface area contributed by atoms with Crippen LogP contribution in [-0.4, -0.2) is 11.3 Å². The Labute approximate surface area is 126 Å². The van der Waals surface area contributed by atoms with Crippen molar-refractivity contribution < 1.29 is 9.53 Å². The molecule has 0 aliphatic heterocycles. The number of aldehydes is 1. The molecule has 0 saturated heterocycles. The lowest BCUT2D eigenvalue weighted by Crippen LogP contribution is -2.00. The molecule has 1 saturated carbocycles.